The van der Waals surface area contributed by atoms with Gasteiger partial charge in [-0.15, -0.1) is 0 Å². The molecule has 2 N–H and O–H groups in total. The summed E-state index contributed by atoms with van der Waals surface area (Å²) in [6.07, 6.45) is 9.13. The quantitative estimate of drug-likeness (QED) is 0.139. The summed E-state index contributed by atoms with van der Waals surface area (Å²) in [5.41, 5.74) is 12.6. The number of nitrogens with one attached hydrogen (secondary N) is 2. The van der Waals surface area contributed by atoms with E-state index in [9.17, 15) is 0 Å². The molecule has 1 heterocycles. The van der Waals surface area contributed by atoms with E-state index in [2.05, 4.69) is 182 Å². The van der Waals surface area contributed by atoms with Gasteiger partial charge in [0.1, 0.15) is 6.17 Å². The summed E-state index contributed by atoms with van der Waals surface area (Å²) < 4.78 is 0. The molecule has 0 radical (unpaired) electrons. The third-order valence-electron chi connectivity index (χ3n) is 9.81. The number of nitrogens with zero attached hydrogens (tertiary/aromatic N) is 2. The van der Waals surface area contributed by atoms with Gasteiger partial charge < -0.3 is 10.2 Å². The number of hydrogen-bond acceptors (Lipinski definition) is 4. The Morgan fingerprint density at radius 2 is 1.48 bits per heavy atom. The topological polar surface area (TPSA) is 39.7 Å². The Morgan fingerprint density at radius 3 is 2.20 bits per heavy atom. The maximum atomic E-state index is 5.35. The highest BCUT2D eigenvalue weighted by Gasteiger charge is 2.32. The molecule has 0 aromatic heterocycles. The normalized spacial score (nSPS) is 18.2. The van der Waals surface area contributed by atoms with Crippen molar-refractivity contribution in [2.45, 2.75) is 58.0 Å². The van der Waals surface area contributed by atoms with Crippen LogP contribution in [0.2, 0.25) is 0 Å². The highest BCUT2D eigenvalue weighted by Crippen LogP contribution is 2.39. The molecule has 0 saturated heterocycles. The Balaban J connectivity index is 1.17. The van der Waals surface area contributed by atoms with Crippen LogP contribution in [0.25, 0.3) is 16.7 Å². The standard InChI is InChI=1S/C46H46N4/c1-5-44-48-42-24-12-13-25-43(42)50(44)41-28-26-35(27-29-41)37-20-14-21-38(30-37)39-22-15-23-40(31-39)46(47-33(4)34-16-8-6-9-17-34)49-45(32(2)3)36-18-10-7-11-19-36/h6-28,30-31,33,41,44,46-48H,2,5,29H2,1,3-4H3. The summed E-state index contributed by atoms with van der Waals surface area (Å²) in [6, 6.07) is 47.7. The van der Waals surface area contributed by atoms with E-state index in [1.54, 1.807) is 0 Å². The molecule has 5 aromatic carbocycles. The molecule has 0 saturated carbocycles. The van der Waals surface area contributed by atoms with Gasteiger partial charge in [0.05, 0.1) is 29.3 Å². The Kier molecular flexibility index (Phi) is 9.91. The van der Waals surface area contributed by atoms with E-state index in [0.29, 0.717) is 12.2 Å². The second-order valence-corrected chi connectivity index (χ2v) is 13.3. The van der Waals surface area contributed by atoms with E-state index in [0.717, 1.165) is 35.3 Å². The first-order valence-corrected chi connectivity index (χ1v) is 17.8. The number of benzene rings is 5. The number of hydrogen-bond donors (Lipinski definition) is 2. The molecule has 4 atom stereocenters. The van der Waals surface area contributed by atoms with Crippen molar-refractivity contribution in [2.75, 3.05) is 10.2 Å². The lowest BCUT2D eigenvalue weighted by molar-refractivity contribution is 0.481. The molecular formula is C46H46N4. The number of anilines is 2. The van der Waals surface area contributed by atoms with Crippen LogP contribution >= 0.6 is 0 Å². The van der Waals surface area contributed by atoms with E-state index in [1.165, 1.54) is 39.2 Å². The summed E-state index contributed by atoms with van der Waals surface area (Å²) in [6.45, 7) is 10.8. The summed E-state index contributed by atoms with van der Waals surface area (Å²) in [7, 11) is 0. The van der Waals surface area contributed by atoms with E-state index in [4.69, 9.17) is 4.99 Å². The van der Waals surface area contributed by atoms with Gasteiger partial charge in [0, 0.05) is 6.04 Å². The fourth-order valence-corrected chi connectivity index (χ4v) is 7.18. The molecule has 50 heavy (non-hydrogen) atoms. The fourth-order valence-electron chi connectivity index (χ4n) is 7.18. The van der Waals surface area contributed by atoms with Crippen molar-refractivity contribution in [1.82, 2.24) is 5.32 Å². The van der Waals surface area contributed by atoms with Gasteiger partial charge in [-0.25, -0.2) is 0 Å². The molecule has 0 spiro atoms. The van der Waals surface area contributed by atoms with Crippen LogP contribution in [0.3, 0.4) is 0 Å². The second-order valence-electron chi connectivity index (χ2n) is 13.3. The zero-order valence-corrected chi connectivity index (χ0v) is 29.3. The van der Waals surface area contributed by atoms with Crippen molar-refractivity contribution in [3.8, 4) is 11.1 Å². The van der Waals surface area contributed by atoms with Gasteiger partial charge in [0.25, 0.3) is 0 Å². The van der Waals surface area contributed by atoms with Gasteiger partial charge in [0.15, 0.2) is 0 Å². The molecule has 1 aliphatic carbocycles. The van der Waals surface area contributed by atoms with Crippen molar-refractivity contribution >= 4 is 22.7 Å². The Bertz CT molecular complexity index is 2040. The third-order valence-corrected chi connectivity index (χ3v) is 9.81. The van der Waals surface area contributed by atoms with Crippen molar-refractivity contribution in [2.24, 2.45) is 4.99 Å². The largest absolute Gasteiger partial charge is 0.363 e. The smallest absolute Gasteiger partial charge is 0.126 e. The highest BCUT2D eigenvalue weighted by molar-refractivity contribution is 6.12. The van der Waals surface area contributed by atoms with Crippen LogP contribution < -0.4 is 15.5 Å². The van der Waals surface area contributed by atoms with Gasteiger partial charge >= 0.3 is 0 Å². The molecule has 4 unspecified atom stereocenters. The first-order chi connectivity index (χ1) is 24.5. The molecule has 0 bridgehead atoms. The minimum atomic E-state index is -0.279. The number of aliphatic imine (C=N–C) groups is 1. The molecule has 4 heteroatoms. The monoisotopic (exact) mass is 654 g/mol. The maximum Gasteiger partial charge on any atom is 0.126 e. The molecule has 5 aromatic rings. The van der Waals surface area contributed by atoms with Gasteiger partial charge in [-0.3, -0.25) is 10.3 Å². The lowest BCUT2D eigenvalue weighted by atomic mass is 9.93. The second kappa shape index (κ2) is 15.0. The predicted octanol–water partition coefficient (Wildman–Crippen LogP) is 11.1. The lowest BCUT2D eigenvalue weighted by Crippen LogP contribution is -2.42. The molecular weight excluding hydrogens is 609 g/mol. The first kappa shape index (κ1) is 33.1. The average Bonchev–Trinajstić information content (AvgIpc) is 3.56. The van der Waals surface area contributed by atoms with Gasteiger partial charge in [-0.2, -0.15) is 0 Å². The van der Waals surface area contributed by atoms with E-state index >= 15 is 0 Å². The zero-order chi connectivity index (χ0) is 34.5. The minimum Gasteiger partial charge on any atom is -0.363 e. The summed E-state index contributed by atoms with van der Waals surface area (Å²) in [4.78, 5) is 7.90. The molecule has 0 fully saturated rings. The fraction of sp³-hybridized carbons (Fsp3) is 0.196. The highest BCUT2D eigenvalue weighted by atomic mass is 15.3. The van der Waals surface area contributed by atoms with Crippen LogP contribution in [0.1, 0.15) is 68.1 Å². The molecule has 250 valence electrons. The molecule has 0 amide bonds. The minimum absolute atomic E-state index is 0.0883. The van der Waals surface area contributed by atoms with Crippen molar-refractivity contribution in [1.29, 1.82) is 0 Å². The Morgan fingerprint density at radius 1 is 0.820 bits per heavy atom. The molecule has 7 rings (SSSR count). The van der Waals surface area contributed by atoms with Crippen molar-refractivity contribution in [3.63, 3.8) is 0 Å². The van der Waals surface area contributed by atoms with Crippen LogP contribution in [-0.2, 0) is 0 Å². The third kappa shape index (κ3) is 7.12. The van der Waals surface area contributed by atoms with Crippen molar-refractivity contribution in [3.05, 3.63) is 186 Å². The maximum absolute atomic E-state index is 5.35. The van der Waals surface area contributed by atoms with Crippen LogP contribution in [0.5, 0.6) is 0 Å². The Hall–Kier alpha value is -5.45. The number of rotatable bonds is 11. The van der Waals surface area contributed by atoms with Gasteiger partial charge in [0.2, 0.25) is 0 Å². The molecule has 4 nitrogen and oxygen atoms in total. The summed E-state index contributed by atoms with van der Waals surface area (Å²) >= 11 is 0. The van der Waals surface area contributed by atoms with Gasteiger partial charge in [-0.05, 0) is 95.5 Å². The SMILES string of the molecule is C=C(C)C(=NC(NC(C)c1ccccc1)c1cccc(-c2cccc(C3=CCC(N4c5ccccc5NC4CC)C=C3)c2)c1)c1ccccc1. The van der Waals surface area contributed by atoms with Crippen molar-refractivity contribution < 1.29 is 0 Å². The predicted molar refractivity (Wildman–Crippen MR) is 213 cm³/mol. The first-order valence-electron chi connectivity index (χ1n) is 17.8. The molecule has 1 aliphatic heterocycles. The Labute approximate surface area is 297 Å². The van der Waals surface area contributed by atoms with Crippen LogP contribution in [0.4, 0.5) is 11.4 Å². The van der Waals surface area contributed by atoms with Crippen LogP contribution in [-0.4, -0.2) is 17.9 Å². The zero-order valence-electron chi connectivity index (χ0n) is 29.3. The van der Waals surface area contributed by atoms with E-state index in [1.807, 2.05) is 13.0 Å². The number of fused-ring (bicyclic) bond motifs is 1. The summed E-state index contributed by atoms with van der Waals surface area (Å²) in [5, 5.41) is 7.54. The van der Waals surface area contributed by atoms with E-state index < -0.39 is 0 Å². The van der Waals surface area contributed by atoms with Crippen LogP contribution in [0.15, 0.2) is 169 Å². The number of para-hydroxylation sites is 2. The lowest BCUT2D eigenvalue weighted by Gasteiger charge is -2.34. The van der Waals surface area contributed by atoms with Gasteiger partial charge in [-0.1, -0.05) is 141 Å². The number of allylic oxidation sites excluding steroid dienone is 3. The summed E-state index contributed by atoms with van der Waals surface area (Å²) in [5.74, 6) is 0. The average molecular weight is 655 g/mol. The van der Waals surface area contributed by atoms with Crippen LogP contribution in [0, 0.1) is 0 Å². The van der Waals surface area contributed by atoms with E-state index in [-0.39, 0.29) is 12.2 Å². The molecule has 2 aliphatic rings.